The number of carbonyl (C=O) groups excluding carboxylic acids is 2. The van der Waals surface area contributed by atoms with Gasteiger partial charge in [-0.25, -0.2) is 0 Å². The number of rotatable bonds is 3. The number of pyridine rings is 2. The highest BCUT2D eigenvalue weighted by Gasteiger charge is 2.47. The minimum absolute atomic E-state index is 0.00627. The van der Waals surface area contributed by atoms with Gasteiger partial charge in [0, 0.05) is 41.1 Å². The van der Waals surface area contributed by atoms with Crippen LogP contribution in [-0.4, -0.2) is 26.8 Å². The lowest BCUT2D eigenvalue weighted by atomic mass is 9.96. The van der Waals surface area contributed by atoms with Crippen LogP contribution in [0.25, 0.3) is 5.76 Å². The number of ketones is 1. The summed E-state index contributed by atoms with van der Waals surface area (Å²) in [6.45, 7) is 1.83. The van der Waals surface area contributed by atoms with Crippen LogP contribution in [0, 0.1) is 6.92 Å². The number of hydrogen-bond acceptors (Lipinski definition) is 5. The van der Waals surface area contributed by atoms with Crippen LogP contribution in [0.15, 0.2) is 72.8 Å². The van der Waals surface area contributed by atoms with Crippen molar-refractivity contribution in [3.05, 3.63) is 94.5 Å². The maximum absolute atomic E-state index is 13.1. The van der Waals surface area contributed by atoms with Crippen LogP contribution in [-0.2, 0) is 9.59 Å². The molecule has 2 aromatic heterocycles. The number of amides is 1. The van der Waals surface area contributed by atoms with Crippen LogP contribution >= 0.6 is 11.6 Å². The summed E-state index contributed by atoms with van der Waals surface area (Å²) in [6, 6.07) is 10.9. The van der Waals surface area contributed by atoms with Gasteiger partial charge >= 0.3 is 0 Å². The molecule has 0 aliphatic carbocycles. The Bertz CT molecular complexity index is 1130. The molecule has 0 spiro atoms. The van der Waals surface area contributed by atoms with Crippen molar-refractivity contribution < 1.29 is 14.7 Å². The SMILES string of the molecule is Cc1ccc(Cl)cc1N1C(=O)C(=O)/C(=C(/O)c2ccncc2)C1c1ccncc1. The summed E-state index contributed by atoms with van der Waals surface area (Å²) in [5.74, 6) is -1.75. The zero-order chi connectivity index (χ0) is 20.5. The molecule has 1 aromatic carbocycles. The molecule has 1 fully saturated rings. The summed E-state index contributed by atoms with van der Waals surface area (Å²) < 4.78 is 0. The molecule has 1 amide bonds. The first-order valence-electron chi connectivity index (χ1n) is 8.86. The number of aliphatic hydroxyl groups is 1. The molecule has 6 nitrogen and oxygen atoms in total. The molecular weight excluding hydrogens is 390 g/mol. The highest BCUT2D eigenvalue weighted by molar-refractivity contribution is 6.52. The van der Waals surface area contributed by atoms with Gasteiger partial charge in [-0.05, 0) is 54.4 Å². The lowest BCUT2D eigenvalue weighted by Crippen LogP contribution is -2.30. The van der Waals surface area contributed by atoms with Gasteiger partial charge in [0.15, 0.2) is 0 Å². The Morgan fingerprint density at radius 3 is 2.28 bits per heavy atom. The highest BCUT2D eigenvalue weighted by Crippen LogP contribution is 2.43. The number of anilines is 1. The van der Waals surface area contributed by atoms with Crippen molar-refractivity contribution in [1.82, 2.24) is 9.97 Å². The maximum Gasteiger partial charge on any atom is 0.300 e. The molecule has 7 heteroatoms. The van der Waals surface area contributed by atoms with Gasteiger partial charge in [-0.1, -0.05) is 17.7 Å². The second kappa shape index (κ2) is 7.48. The molecule has 29 heavy (non-hydrogen) atoms. The van der Waals surface area contributed by atoms with Crippen molar-refractivity contribution in [2.75, 3.05) is 4.90 Å². The first kappa shape index (κ1) is 18.8. The Kier molecular flexibility index (Phi) is 4.86. The number of aliphatic hydroxyl groups excluding tert-OH is 1. The van der Waals surface area contributed by atoms with Gasteiger partial charge in [0.1, 0.15) is 5.76 Å². The fourth-order valence-corrected chi connectivity index (χ4v) is 3.62. The molecule has 1 atom stereocenters. The molecule has 1 aliphatic heterocycles. The first-order chi connectivity index (χ1) is 14.0. The number of carbonyl (C=O) groups is 2. The first-order valence-corrected chi connectivity index (χ1v) is 9.24. The minimum Gasteiger partial charge on any atom is -0.507 e. The number of nitrogens with zero attached hydrogens (tertiary/aromatic N) is 3. The normalized spacial score (nSPS) is 18.3. The van der Waals surface area contributed by atoms with E-state index in [1.165, 1.54) is 17.3 Å². The molecule has 0 bridgehead atoms. The van der Waals surface area contributed by atoms with Crippen LogP contribution in [0.1, 0.15) is 22.7 Å². The van der Waals surface area contributed by atoms with E-state index in [9.17, 15) is 14.7 Å². The summed E-state index contributed by atoms with van der Waals surface area (Å²) in [7, 11) is 0. The number of aryl methyl sites for hydroxylation is 1. The number of hydrogen-bond donors (Lipinski definition) is 1. The summed E-state index contributed by atoms with van der Waals surface area (Å²) in [6.07, 6.45) is 6.17. The summed E-state index contributed by atoms with van der Waals surface area (Å²) in [5.41, 5.74) is 2.34. The summed E-state index contributed by atoms with van der Waals surface area (Å²) >= 11 is 6.17. The smallest absolute Gasteiger partial charge is 0.300 e. The van der Waals surface area contributed by atoms with Gasteiger partial charge in [0.05, 0.1) is 11.6 Å². The van der Waals surface area contributed by atoms with Crippen molar-refractivity contribution in [2.24, 2.45) is 0 Å². The lowest BCUT2D eigenvalue weighted by Gasteiger charge is -2.26. The second-order valence-corrected chi connectivity index (χ2v) is 7.05. The number of benzene rings is 1. The van der Waals surface area contributed by atoms with E-state index in [-0.39, 0.29) is 11.3 Å². The molecular formula is C22H16ClN3O3. The van der Waals surface area contributed by atoms with Crippen molar-refractivity contribution >= 4 is 34.7 Å². The zero-order valence-electron chi connectivity index (χ0n) is 15.4. The van der Waals surface area contributed by atoms with Crippen molar-refractivity contribution in [3.8, 4) is 0 Å². The predicted octanol–water partition coefficient (Wildman–Crippen LogP) is 4.06. The summed E-state index contributed by atoms with van der Waals surface area (Å²) in [5, 5.41) is 11.4. The molecule has 4 rings (SSSR count). The van der Waals surface area contributed by atoms with Gasteiger partial charge < -0.3 is 5.11 Å². The monoisotopic (exact) mass is 405 g/mol. The van der Waals surface area contributed by atoms with Gasteiger partial charge in [0.2, 0.25) is 0 Å². The third kappa shape index (κ3) is 3.28. The molecule has 1 N–H and O–H groups in total. The molecule has 1 aliphatic rings. The van der Waals surface area contributed by atoms with Gasteiger partial charge in [0.25, 0.3) is 11.7 Å². The number of aromatic nitrogens is 2. The standard InChI is InChI=1S/C22H16ClN3O3/c1-13-2-3-16(23)12-17(13)26-19(14-4-8-24-9-5-14)18(21(28)22(26)29)20(27)15-6-10-25-11-7-15/h2-12,19,27H,1H3/b20-18+. The van der Waals surface area contributed by atoms with E-state index in [1.54, 1.807) is 54.9 Å². The van der Waals surface area contributed by atoms with Crippen molar-refractivity contribution in [3.63, 3.8) is 0 Å². The Hall–Kier alpha value is -3.51. The fraction of sp³-hybridized carbons (Fsp3) is 0.0909. The second-order valence-electron chi connectivity index (χ2n) is 6.62. The molecule has 144 valence electrons. The van der Waals surface area contributed by atoms with Gasteiger partial charge in [-0.3, -0.25) is 24.5 Å². The molecule has 3 aromatic rings. The van der Waals surface area contributed by atoms with E-state index in [2.05, 4.69) is 9.97 Å². The average molecular weight is 406 g/mol. The van der Waals surface area contributed by atoms with E-state index in [0.717, 1.165) is 5.56 Å². The van der Waals surface area contributed by atoms with Gasteiger partial charge in [-0.2, -0.15) is 0 Å². The number of Topliss-reactive ketones (excluding diaryl/α,β-unsaturated/α-hetero) is 1. The van der Waals surface area contributed by atoms with Crippen LogP contribution in [0.2, 0.25) is 5.02 Å². The van der Waals surface area contributed by atoms with Crippen LogP contribution < -0.4 is 4.90 Å². The Morgan fingerprint density at radius 2 is 1.62 bits per heavy atom. The molecule has 1 saturated heterocycles. The van der Waals surface area contributed by atoms with Gasteiger partial charge in [-0.15, -0.1) is 0 Å². The molecule has 1 unspecified atom stereocenters. The largest absolute Gasteiger partial charge is 0.507 e. The predicted molar refractivity (Wildman–Crippen MR) is 109 cm³/mol. The minimum atomic E-state index is -0.816. The Balaban J connectivity index is 1.98. The van der Waals surface area contributed by atoms with E-state index in [1.807, 2.05) is 6.92 Å². The van der Waals surface area contributed by atoms with Crippen LogP contribution in [0.3, 0.4) is 0 Å². The quantitative estimate of drug-likeness (QED) is 0.403. The van der Waals surface area contributed by atoms with Crippen LogP contribution in [0.5, 0.6) is 0 Å². The third-order valence-electron chi connectivity index (χ3n) is 4.85. The maximum atomic E-state index is 13.1. The summed E-state index contributed by atoms with van der Waals surface area (Å²) in [4.78, 5) is 35.4. The topological polar surface area (TPSA) is 83.4 Å². The Morgan fingerprint density at radius 1 is 1.00 bits per heavy atom. The van der Waals surface area contributed by atoms with Crippen molar-refractivity contribution in [2.45, 2.75) is 13.0 Å². The Labute approximate surface area is 172 Å². The third-order valence-corrected chi connectivity index (χ3v) is 5.09. The van der Waals surface area contributed by atoms with E-state index in [4.69, 9.17) is 11.6 Å². The van der Waals surface area contributed by atoms with E-state index >= 15 is 0 Å². The van der Waals surface area contributed by atoms with Crippen molar-refractivity contribution in [1.29, 1.82) is 0 Å². The van der Waals surface area contributed by atoms with E-state index in [0.29, 0.717) is 21.8 Å². The van der Waals surface area contributed by atoms with Crippen LogP contribution in [0.4, 0.5) is 5.69 Å². The fourth-order valence-electron chi connectivity index (χ4n) is 3.45. The zero-order valence-corrected chi connectivity index (χ0v) is 16.2. The molecule has 0 saturated carbocycles. The van der Waals surface area contributed by atoms with E-state index < -0.39 is 17.7 Å². The molecule has 0 radical (unpaired) electrons. The number of halogens is 1. The highest BCUT2D eigenvalue weighted by atomic mass is 35.5. The molecule has 3 heterocycles. The lowest BCUT2D eigenvalue weighted by molar-refractivity contribution is -0.132. The average Bonchev–Trinajstić information content (AvgIpc) is 3.01.